The number of hydrogen-bond acceptors (Lipinski definition) is 9. The van der Waals surface area contributed by atoms with E-state index in [9.17, 15) is 9.59 Å². The van der Waals surface area contributed by atoms with Crippen molar-refractivity contribution in [2.24, 2.45) is 0 Å². The summed E-state index contributed by atoms with van der Waals surface area (Å²) in [6.45, 7) is 7.95. The molecule has 4 heterocycles. The van der Waals surface area contributed by atoms with Crippen LogP contribution in [0.2, 0.25) is 0 Å². The van der Waals surface area contributed by atoms with Crippen LogP contribution in [0.15, 0.2) is 36.1 Å². The van der Waals surface area contributed by atoms with Crippen LogP contribution < -0.4 is 9.47 Å². The van der Waals surface area contributed by atoms with Crippen LogP contribution in [0.3, 0.4) is 0 Å². The molecule has 5 aliphatic rings. The number of esters is 2. The lowest BCUT2D eigenvalue weighted by Crippen LogP contribution is -2.54. The number of benzene rings is 1. The van der Waals surface area contributed by atoms with Crippen LogP contribution in [0.5, 0.6) is 11.5 Å². The van der Waals surface area contributed by atoms with E-state index in [2.05, 4.69) is 23.1 Å². The fraction of sp³-hybridized carbons (Fsp3) is 0.667. The molecular weight excluding hydrogens is 574 g/mol. The summed E-state index contributed by atoms with van der Waals surface area (Å²) in [5.41, 5.74) is -0.129. The second kappa shape index (κ2) is 14.6. The molecule has 6 rings (SSSR count). The van der Waals surface area contributed by atoms with Gasteiger partial charge in [-0.1, -0.05) is 41.9 Å². The maximum atomic E-state index is 14.3. The van der Waals surface area contributed by atoms with Crippen molar-refractivity contribution in [3.63, 3.8) is 0 Å². The van der Waals surface area contributed by atoms with E-state index >= 15 is 0 Å². The third-order valence-electron chi connectivity index (χ3n) is 9.41. The fourth-order valence-corrected chi connectivity index (χ4v) is 7.61. The highest BCUT2D eigenvalue weighted by Gasteiger charge is 2.60. The van der Waals surface area contributed by atoms with Crippen molar-refractivity contribution < 1.29 is 38.0 Å². The Morgan fingerprint density at radius 1 is 1.02 bits per heavy atom. The zero-order valence-electron chi connectivity index (χ0n) is 24.5. The summed E-state index contributed by atoms with van der Waals surface area (Å²) in [6.07, 6.45) is 9.58. The Morgan fingerprint density at radius 2 is 1.76 bits per heavy atom. The van der Waals surface area contributed by atoms with Crippen LogP contribution in [0.25, 0.3) is 0 Å². The van der Waals surface area contributed by atoms with Gasteiger partial charge in [0.15, 0.2) is 23.2 Å². The van der Waals surface area contributed by atoms with E-state index < -0.39 is 29.2 Å². The first-order valence-corrected chi connectivity index (χ1v) is 14.8. The number of carbonyl (C=O) groups excluding carboxylic acids is 2. The highest BCUT2D eigenvalue weighted by molar-refractivity contribution is 5.86. The lowest BCUT2D eigenvalue weighted by molar-refractivity contribution is -0.216. The second-order valence-corrected chi connectivity index (χ2v) is 12.4. The Labute approximate surface area is 271 Å². The van der Waals surface area contributed by atoms with Gasteiger partial charge in [-0.2, -0.15) is 0 Å². The summed E-state index contributed by atoms with van der Waals surface area (Å²) in [7, 11) is 1.63. The molecule has 0 radical (unpaired) electrons. The highest BCUT2D eigenvalue weighted by Crippen LogP contribution is 2.56. The third-order valence-corrected chi connectivity index (χ3v) is 9.41. The standard InChI is InChI=1S/C32H41NO8.4CH4/c1-5-6-15-37-26(34)19-32(12-7-10-30(2,3)41-32)29(35)40-28-25(36-4)18-31-11-8-13-33(31)14-9-21-16-23-24(39-20-38-23)17-22(21)27(28)31;;;;/h5-6,16-18,27-28H,7-15,19-20H2,1-4H3;4*1H4/b6-5-;;;;/t27-,28?,31-,32-;;;;/m1..../s1. The minimum absolute atomic E-state index is 0. The van der Waals surface area contributed by atoms with Gasteiger partial charge < -0.3 is 28.4 Å². The molecule has 1 unspecified atom stereocenters. The van der Waals surface area contributed by atoms with Crippen molar-refractivity contribution in [2.45, 2.75) is 124 Å². The van der Waals surface area contributed by atoms with Crippen LogP contribution in [-0.4, -0.2) is 73.3 Å². The van der Waals surface area contributed by atoms with Crippen LogP contribution in [0, 0.1) is 0 Å². The van der Waals surface area contributed by atoms with E-state index in [4.69, 9.17) is 28.4 Å². The average molecular weight is 632 g/mol. The van der Waals surface area contributed by atoms with E-state index in [1.54, 1.807) is 13.2 Å². The third kappa shape index (κ3) is 6.75. The maximum absolute atomic E-state index is 14.3. The summed E-state index contributed by atoms with van der Waals surface area (Å²) < 4.78 is 35.8. The quantitative estimate of drug-likeness (QED) is 0.230. The number of ether oxygens (including phenoxy) is 6. The van der Waals surface area contributed by atoms with Crippen molar-refractivity contribution >= 4 is 11.9 Å². The Bertz CT molecular complexity index is 1270. The number of fused-ring (bicyclic) bond motifs is 3. The van der Waals surface area contributed by atoms with Gasteiger partial charge >= 0.3 is 11.9 Å². The largest absolute Gasteiger partial charge is 0.497 e. The molecule has 1 spiro atoms. The van der Waals surface area contributed by atoms with Crippen molar-refractivity contribution in [2.75, 3.05) is 33.6 Å². The fourth-order valence-electron chi connectivity index (χ4n) is 7.61. The molecule has 1 aliphatic carbocycles. The Hall–Kier alpha value is -3.04. The minimum Gasteiger partial charge on any atom is -0.497 e. The zero-order chi connectivity index (χ0) is 28.8. The van der Waals surface area contributed by atoms with E-state index in [0.29, 0.717) is 17.9 Å². The predicted octanol–water partition coefficient (Wildman–Crippen LogP) is 7.12. The normalized spacial score (nSPS) is 28.8. The Balaban J connectivity index is 0.00000176. The number of carbonyl (C=O) groups is 2. The number of methoxy groups -OCH3 is 1. The van der Waals surface area contributed by atoms with Gasteiger partial charge in [-0.3, -0.25) is 9.69 Å². The highest BCUT2D eigenvalue weighted by atomic mass is 16.7. The van der Waals surface area contributed by atoms with Crippen LogP contribution in [0.1, 0.15) is 106 Å². The Kier molecular flexibility index (Phi) is 12.4. The first kappa shape index (κ1) is 38.1. The van der Waals surface area contributed by atoms with Crippen molar-refractivity contribution in [3.8, 4) is 11.5 Å². The van der Waals surface area contributed by atoms with Crippen molar-refractivity contribution in [3.05, 3.63) is 47.2 Å². The summed E-state index contributed by atoms with van der Waals surface area (Å²) in [4.78, 5) is 29.8. The predicted molar refractivity (Wildman–Crippen MR) is 177 cm³/mol. The van der Waals surface area contributed by atoms with Crippen LogP contribution in [0.4, 0.5) is 0 Å². The molecule has 2 saturated heterocycles. The molecule has 45 heavy (non-hydrogen) atoms. The SMILES string of the molecule is C.C.C.C.C/C=C\COC(=O)C[C@@]1(C(=O)OC2C(OC)=C[C@@]34CCCN3CCc3cc5c(cc3[C@H]24)OCO5)CCCC(C)(C)O1. The molecule has 0 N–H and O–H groups in total. The molecule has 254 valence electrons. The van der Waals surface area contributed by atoms with E-state index in [1.807, 2.05) is 26.8 Å². The Morgan fingerprint density at radius 3 is 2.44 bits per heavy atom. The van der Waals surface area contributed by atoms with Gasteiger partial charge in [0.05, 0.1) is 30.6 Å². The first-order chi connectivity index (χ1) is 19.7. The molecule has 0 bridgehead atoms. The van der Waals surface area contributed by atoms with Crippen LogP contribution in [-0.2, 0) is 35.0 Å². The van der Waals surface area contributed by atoms with Gasteiger partial charge in [-0.15, -0.1) is 0 Å². The van der Waals surface area contributed by atoms with Gasteiger partial charge in [-0.05, 0) is 95.2 Å². The molecule has 0 saturated carbocycles. The minimum atomic E-state index is -1.44. The van der Waals surface area contributed by atoms with Gasteiger partial charge in [0, 0.05) is 6.54 Å². The number of hydrogen-bond donors (Lipinski definition) is 0. The van der Waals surface area contributed by atoms with Gasteiger partial charge in [0.25, 0.3) is 0 Å². The molecule has 4 atom stereocenters. The molecule has 1 aromatic rings. The lowest BCUT2D eigenvalue weighted by atomic mass is 9.77. The maximum Gasteiger partial charge on any atom is 0.339 e. The van der Waals surface area contributed by atoms with E-state index in [0.717, 1.165) is 62.1 Å². The molecule has 0 aromatic heterocycles. The van der Waals surface area contributed by atoms with Crippen LogP contribution >= 0.6 is 0 Å². The van der Waals surface area contributed by atoms with Gasteiger partial charge in [-0.25, -0.2) is 4.79 Å². The summed E-state index contributed by atoms with van der Waals surface area (Å²) in [5, 5.41) is 0. The molecule has 1 aromatic carbocycles. The van der Waals surface area contributed by atoms with Gasteiger partial charge in [0.1, 0.15) is 12.4 Å². The first-order valence-electron chi connectivity index (χ1n) is 14.8. The van der Waals surface area contributed by atoms with E-state index in [-0.39, 0.29) is 61.0 Å². The molecular formula is C36H57NO8. The topological polar surface area (TPSA) is 92.8 Å². The van der Waals surface area contributed by atoms with Crippen molar-refractivity contribution in [1.82, 2.24) is 4.90 Å². The lowest BCUT2D eigenvalue weighted by Gasteiger charge is -2.44. The van der Waals surface area contributed by atoms with Gasteiger partial charge in [0.2, 0.25) is 6.79 Å². The smallest absolute Gasteiger partial charge is 0.339 e. The molecule has 9 heteroatoms. The summed E-state index contributed by atoms with van der Waals surface area (Å²) in [5.74, 6) is 0.846. The average Bonchev–Trinajstić information content (AvgIpc) is 3.62. The summed E-state index contributed by atoms with van der Waals surface area (Å²) >= 11 is 0. The zero-order valence-corrected chi connectivity index (χ0v) is 24.5. The molecule has 0 amide bonds. The molecule has 4 aliphatic heterocycles. The second-order valence-electron chi connectivity index (χ2n) is 12.4. The summed E-state index contributed by atoms with van der Waals surface area (Å²) in [6, 6.07) is 4.14. The monoisotopic (exact) mass is 631 g/mol. The number of rotatable bonds is 7. The molecule has 9 nitrogen and oxygen atoms in total. The van der Waals surface area contributed by atoms with E-state index in [1.165, 1.54) is 0 Å². The number of allylic oxidation sites excluding steroid dienone is 1. The number of nitrogens with zero attached hydrogens (tertiary/aromatic N) is 1. The van der Waals surface area contributed by atoms with Crippen molar-refractivity contribution in [1.29, 1.82) is 0 Å². The molecule has 2 fully saturated rings.